The van der Waals surface area contributed by atoms with Crippen LogP contribution in [0.3, 0.4) is 0 Å². The molecular formula is C22H25N3O4. The molecule has 0 spiro atoms. The van der Waals surface area contributed by atoms with Crippen molar-refractivity contribution in [3.63, 3.8) is 0 Å². The smallest absolute Gasteiger partial charge is 0.325 e. The van der Waals surface area contributed by atoms with E-state index in [0.29, 0.717) is 17.0 Å². The van der Waals surface area contributed by atoms with Crippen molar-refractivity contribution < 1.29 is 19.1 Å². The molecule has 3 rings (SSSR count). The van der Waals surface area contributed by atoms with Crippen LogP contribution in [0.2, 0.25) is 0 Å². The first kappa shape index (κ1) is 20.4. The summed E-state index contributed by atoms with van der Waals surface area (Å²) in [6.45, 7) is 7.01. The standard InChI is InChI=1S/C22H25N3O4/c1-13-8-14(2)10-17(9-13)23-19(26)12-25-20(27)22(4,24-21(25)28)16-6-7-18(29-5)15(3)11-16/h6-11H,12H2,1-5H3,(H,23,26)(H,24,28). The van der Waals surface area contributed by atoms with Crippen LogP contribution in [0.25, 0.3) is 0 Å². The molecule has 1 atom stereocenters. The summed E-state index contributed by atoms with van der Waals surface area (Å²) in [6.07, 6.45) is 0. The Morgan fingerprint density at radius 3 is 2.34 bits per heavy atom. The third-order valence-corrected chi connectivity index (χ3v) is 5.05. The number of imide groups is 1. The van der Waals surface area contributed by atoms with Crippen molar-refractivity contribution in [1.29, 1.82) is 0 Å². The SMILES string of the molecule is COc1ccc(C2(C)NC(=O)N(CC(=O)Nc3cc(C)cc(C)c3)C2=O)cc1C. The Bertz CT molecular complexity index is 981. The number of nitrogens with one attached hydrogen (secondary N) is 2. The highest BCUT2D eigenvalue weighted by Crippen LogP contribution is 2.31. The van der Waals surface area contributed by atoms with Gasteiger partial charge in [0.15, 0.2) is 0 Å². The lowest BCUT2D eigenvalue weighted by atomic mass is 9.90. The first-order valence-electron chi connectivity index (χ1n) is 9.31. The number of rotatable bonds is 5. The van der Waals surface area contributed by atoms with Gasteiger partial charge in [-0.15, -0.1) is 0 Å². The van der Waals surface area contributed by atoms with Gasteiger partial charge >= 0.3 is 6.03 Å². The molecule has 152 valence electrons. The van der Waals surface area contributed by atoms with Gasteiger partial charge < -0.3 is 15.4 Å². The number of amides is 4. The molecule has 1 fully saturated rings. The Morgan fingerprint density at radius 2 is 1.76 bits per heavy atom. The number of ether oxygens (including phenoxy) is 1. The average molecular weight is 395 g/mol. The molecule has 1 aliphatic heterocycles. The number of carbonyl (C=O) groups is 3. The van der Waals surface area contributed by atoms with Crippen LogP contribution in [0, 0.1) is 20.8 Å². The molecule has 7 heteroatoms. The summed E-state index contributed by atoms with van der Waals surface area (Å²) in [5, 5.41) is 5.47. The fraction of sp³-hybridized carbons (Fsp3) is 0.318. The van der Waals surface area contributed by atoms with Crippen LogP contribution in [0.15, 0.2) is 36.4 Å². The fourth-order valence-electron chi connectivity index (χ4n) is 3.62. The third-order valence-electron chi connectivity index (χ3n) is 5.05. The van der Waals surface area contributed by atoms with E-state index in [1.54, 1.807) is 32.2 Å². The Balaban J connectivity index is 1.77. The number of carbonyl (C=O) groups excluding carboxylic acids is 3. The molecule has 0 aromatic heterocycles. The number of nitrogens with zero attached hydrogens (tertiary/aromatic N) is 1. The van der Waals surface area contributed by atoms with E-state index in [1.807, 2.05) is 39.0 Å². The molecule has 0 saturated carbocycles. The summed E-state index contributed by atoms with van der Waals surface area (Å²) in [4.78, 5) is 38.9. The summed E-state index contributed by atoms with van der Waals surface area (Å²) in [6, 6.07) is 10.4. The number of urea groups is 1. The molecule has 1 aliphatic rings. The van der Waals surface area contributed by atoms with Crippen molar-refractivity contribution >= 4 is 23.5 Å². The lowest BCUT2D eigenvalue weighted by molar-refractivity contribution is -0.133. The minimum Gasteiger partial charge on any atom is -0.496 e. The average Bonchev–Trinajstić information content (AvgIpc) is 2.85. The van der Waals surface area contributed by atoms with Crippen LogP contribution in [0.5, 0.6) is 5.75 Å². The molecular weight excluding hydrogens is 370 g/mol. The lowest BCUT2D eigenvalue weighted by Gasteiger charge is -2.23. The number of methoxy groups -OCH3 is 1. The predicted octanol–water partition coefficient (Wildman–Crippen LogP) is 3.03. The zero-order chi connectivity index (χ0) is 21.3. The van der Waals surface area contributed by atoms with E-state index in [0.717, 1.165) is 21.6 Å². The van der Waals surface area contributed by atoms with E-state index < -0.39 is 23.4 Å². The molecule has 4 amide bonds. The van der Waals surface area contributed by atoms with Crippen molar-refractivity contribution in [2.45, 2.75) is 33.2 Å². The number of aryl methyl sites for hydroxylation is 3. The summed E-state index contributed by atoms with van der Waals surface area (Å²) in [5.41, 5.74) is 2.89. The Kier molecular flexibility index (Phi) is 5.33. The van der Waals surface area contributed by atoms with E-state index in [1.165, 1.54) is 0 Å². The minimum atomic E-state index is -1.24. The van der Waals surface area contributed by atoms with Crippen molar-refractivity contribution in [3.8, 4) is 5.75 Å². The van der Waals surface area contributed by atoms with Gasteiger partial charge in [-0.2, -0.15) is 0 Å². The van der Waals surface area contributed by atoms with Crippen LogP contribution < -0.4 is 15.4 Å². The van der Waals surface area contributed by atoms with Gasteiger partial charge in [0.1, 0.15) is 17.8 Å². The second kappa shape index (κ2) is 7.58. The van der Waals surface area contributed by atoms with Crippen molar-refractivity contribution in [3.05, 3.63) is 58.7 Å². The normalized spacial score (nSPS) is 18.6. The highest BCUT2D eigenvalue weighted by Gasteiger charge is 2.49. The van der Waals surface area contributed by atoms with Gasteiger partial charge in [-0.25, -0.2) is 4.79 Å². The molecule has 1 heterocycles. The molecule has 29 heavy (non-hydrogen) atoms. The molecule has 0 radical (unpaired) electrons. The topological polar surface area (TPSA) is 87.7 Å². The van der Waals surface area contributed by atoms with Gasteiger partial charge in [0.05, 0.1) is 7.11 Å². The van der Waals surface area contributed by atoms with Gasteiger partial charge in [0.2, 0.25) is 5.91 Å². The molecule has 1 saturated heterocycles. The van der Waals surface area contributed by atoms with Crippen LogP contribution in [-0.4, -0.2) is 36.4 Å². The van der Waals surface area contributed by atoms with Crippen LogP contribution >= 0.6 is 0 Å². The van der Waals surface area contributed by atoms with Crippen molar-refractivity contribution in [1.82, 2.24) is 10.2 Å². The molecule has 2 N–H and O–H groups in total. The van der Waals surface area contributed by atoms with E-state index in [4.69, 9.17) is 4.74 Å². The monoisotopic (exact) mass is 395 g/mol. The lowest BCUT2D eigenvalue weighted by Crippen LogP contribution is -2.42. The van der Waals surface area contributed by atoms with Gasteiger partial charge in [-0.05, 0) is 74.2 Å². The highest BCUT2D eigenvalue weighted by molar-refractivity contribution is 6.10. The Morgan fingerprint density at radius 1 is 1.10 bits per heavy atom. The van der Waals surface area contributed by atoms with Gasteiger partial charge in [0, 0.05) is 5.69 Å². The maximum Gasteiger partial charge on any atom is 0.325 e. The van der Waals surface area contributed by atoms with Crippen LogP contribution in [0.4, 0.5) is 10.5 Å². The first-order chi connectivity index (χ1) is 13.6. The maximum absolute atomic E-state index is 13.0. The van der Waals surface area contributed by atoms with Gasteiger partial charge in [-0.1, -0.05) is 12.1 Å². The van der Waals surface area contributed by atoms with Gasteiger partial charge in [0.25, 0.3) is 5.91 Å². The van der Waals surface area contributed by atoms with E-state index in [9.17, 15) is 14.4 Å². The summed E-state index contributed by atoms with van der Waals surface area (Å²) >= 11 is 0. The number of hydrogen-bond acceptors (Lipinski definition) is 4. The summed E-state index contributed by atoms with van der Waals surface area (Å²) in [7, 11) is 1.57. The molecule has 2 aromatic rings. The second-order valence-electron chi connectivity index (χ2n) is 7.56. The zero-order valence-electron chi connectivity index (χ0n) is 17.3. The van der Waals surface area contributed by atoms with Crippen LogP contribution in [0.1, 0.15) is 29.2 Å². The van der Waals surface area contributed by atoms with E-state index in [2.05, 4.69) is 10.6 Å². The van der Waals surface area contributed by atoms with Crippen molar-refractivity contribution in [2.75, 3.05) is 19.0 Å². The summed E-state index contributed by atoms with van der Waals surface area (Å²) in [5.74, 6) is -0.213. The molecule has 7 nitrogen and oxygen atoms in total. The quantitative estimate of drug-likeness (QED) is 0.762. The van der Waals surface area contributed by atoms with Crippen molar-refractivity contribution in [2.24, 2.45) is 0 Å². The minimum absolute atomic E-state index is 0.359. The van der Waals surface area contributed by atoms with Gasteiger partial charge in [-0.3, -0.25) is 14.5 Å². The Hall–Kier alpha value is -3.35. The molecule has 2 aromatic carbocycles. The Labute approximate surface area is 170 Å². The van der Waals surface area contributed by atoms with Crippen LogP contribution in [-0.2, 0) is 15.1 Å². The largest absolute Gasteiger partial charge is 0.496 e. The second-order valence-corrected chi connectivity index (χ2v) is 7.56. The third kappa shape index (κ3) is 3.94. The van der Waals surface area contributed by atoms with E-state index in [-0.39, 0.29) is 6.54 Å². The molecule has 0 bridgehead atoms. The maximum atomic E-state index is 13.0. The highest BCUT2D eigenvalue weighted by atomic mass is 16.5. The number of hydrogen-bond donors (Lipinski definition) is 2. The zero-order valence-corrected chi connectivity index (χ0v) is 17.3. The number of benzene rings is 2. The predicted molar refractivity (Wildman–Crippen MR) is 110 cm³/mol. The summed E-state index contributed by atoms with van der Waals surface area (Å²) < 4.78 is 5.25. The molecule has 0 aliphatic carbocycles. The molecule has 1 unspecified atom stereocenters. The fourth-order valence-corrected chi connectivity index (χ4v) is 3.62. The number of anilines is 1. The van der Waals surface area contributed by atoms with E-state index >= 15 is 0 Å². The first-order valence-corrected chi connectivity index (χ1v) is 9.31.